The molecular weight excluding hydrogens is 386 g/mol. The van der Waals surface area contributed by atoms with Gasteiger partial charge >= 0.3 is 0 Å². The largest absolute Gasteiger partial charge is 0.354 e. The maximum atomic E-state index is 12.7. The molecule has 2 heterocycles. The molecular formula is C15H22ClN3O4S2. The van der Waals surface area contributed by atoms with Crippen molar-refractivity contribution in [3.05, 3.63) is 16.5 Å². The van der Waals surface area contributed by atoms with Gasteiger partial charge in [-0.25, -0.2) is 8.42 Å². The second-order valence-electron chi connectivity index (χ2n) is 6.07. The smallest absolute Gasteiger partial charge is 0.253 e. The minimum absolute atomic E-state index is 0.0890. The van der Waals surface area contributed by atoms with Crippen molar-refractivity contribution in [1.82, 2.24) is 14.9 Å². The number of nitrogens with one attached hydrogen (secondary N) is 2. The number of sulfonamides is 1. The standard InChI is InChI=1S/C15H22ClN3O4S2/c1-10(2)14(20)17-7-8-18-15(21)11-4-3-9-19(11)25(22,23)13-6-5-12(16)24-13/h5-6,10-11H,3-4,7-9H2,1-2H3,(H,17,20)(H,18,21). The van der Waals surface area contributed by atoms with Crippen LogP contribution >= 0.6 is 22.9 Å². The maximum absolute atomic E-state index is 12.7. The Hall–Kier alpha value is -1.16. The first-order chi connectivity index (χ1) is 11.7. The molecule has 0 aromatic carbocycles. The van der Waals surface area contributed by atoms with Gasteiger partial charge in [-0.3, -0.25) is 9.59 Å². The van der Waals surface area contributed by atoms with Crippen LogP contribution in [0.4, 0.5) is 0 Å². The van der Waals surface area contributed by atoms with Crippen molar-refractivity contribution >= 4 is 44.8 Å². The van der Waals surface area contributed by atoms with Crippen molar-refractivity contribution in [2.24, 2.45) is 5.92 Å². The minimum atomic E-state index is -3.73. The zero-order valence-corrected chi connectivity index (χ0v) is 16.5. The van der Waals surface area contributed by atoms with E-state index in [0.717, 1.165) is 11.3 Å². The Morgan fingerprint density at radius 3 is 2.60 bits per heavy atom. The Morgan fingerprint density at radius 1 is 1.32 bits per heavy atom. The van der Waals surface area contributed by atoms with Gasteiger partial charge in [-0.2, -0.15) is 4.31 Å². The highest BCUT2D eigenvalue weighted by molar-refractivity contribution is 7.91. The van der Waals surface area contributed by atoms with E-state index in [4.69, 9.17) is 11.6 Å². The lowest BCUT2D eigenvalue weighted by molar-refractivity contribution is -0.125. The summed E-state index contributed by atoms with van der Waals surface area (Å²) < 4.78 is 27.2. The molecule has 25 heavy (non-hydrogen) atoms. The summed E-state index contributed by atoms with van der Waals surface area (Å²) >= 11 is 6.81. The number of carbonyl (C=O) groups excluding carboxylic acids is 2. The van der Waals surface area contributed by atoms with E-state index in [0.29, 0.717) is 30.3 Å². The highest BCUT2D eigenvalue weighted by atomic mass is 35.5. The van der Waals surface area contributed by atoms with Crippen molar-refractivity contribution in [2.45, 2.75) is 36.9 Å². The Kier molecular flexibility index (Phi) is 6.84. The number of hydrogen-bond acceptors (Lipinski definition) is 5. The number of hydrogen-bond donors (Lipinski definition) is 2. The average Bonchev–Trinajstić information content (AvgIpc) is 3.20. The Morgan fingerprint density at radius 2 is 2.00 bits per heavy atom. The summed E-state index contributed by atoms with van der Waals surface area (Å²) in [5, 5.41) is 5.39. The fraction of sp³-hybridized carbons (Fsp3) is 0.600. The van der Waals surface area contributed by atoms with Crippen molar-refractivity contribution in [2.75, 3.05) is 19.6 Å². The third kappa shape index (κ3) is 4.93. The highest BCUT2D eigenvalue weighted by Crippen LogP contribution is 2.32. The van der Waals surface area contributed by atoms with Gasteiger partial charge in [-0.15, -0.1) is 11.3 Å². The molecule has 7 nitrogen and oxygen atoms in total. The fourth-order valence-corrected chi connectivity index (χ4v) is 5.80. The maximum Gasteiger partial charge on any atom is 0.253 e. The molecule has 0 spiro atoms. The number of rotatable bonds is 7. The van der Waals surface area contributed by atoms with E-state index in [1.807, 2.05) is 0 Å². The molecule has 1 atom stereocenters. The second kappa shape index (κ2) is 8.48. The molecule has 10 heteroatoms. The molecule has 2 rings (SSSR count). The fourth-order valence-electron chi connectivity index (χ4n) is 2.54. The van der Waals surface area contributed by atoms with Gasteiger partial charge in [0.1, 0.15) is 10.3 Å². The molecule has 1 fully saturated rings. The van der Waals surface area contributed by atoms with Gasteiger partial charge in [0.15, 0.2) is 0 Å². The number of halogens is 1. The zero-order chi connectivity index (χ0) is 18.6. The predicted octanol–water partition coefficient (Wildman–Crippen LogP) is 1.44. The summed E-state index contributed by atoms with van der Waals surface area (Å²) in [4.78, 5) is 23.8. The molecule has 0 radical (unpaired) electrons. The molecule has 1 unspecified atom stereocenters. The van der Waals surface area contributed by atoms with Crippen LogP contribution in [-0.4, -0.2) is 50.2 Å². The highest BCUT2D eigenvalue weighted by Gasteiger charge is 2.39. The van der Waals surface area contributed by atoms with E-state index in [1.165, 1.54) is 16.4 Å². The van der Waals surface area contributed by atoms with Crippen LogP contribution in [0.3, 0.4) is 0 Å². The van der Waals surface area contributed by atoms with Crippen LogP contribution in [-0.2, 0) is 19.6 Å². The van der Waals surface area contributed by atoms with E-state index in [1.54, 1.807) is 13.8 Å². The molecule has 2 amide bonds. The number of amides is 2. The third-order valence-electron chi connectivity index (χ3n) is 3.87. The van der Waals surface area contributed by atoms with Crippen LogP contribution in [0.5, 0.6) is 0 Å². The Labute approximate surface area is 156 Å². The first-order valence-electron chi connectivity index (χ1n) is 8.06. The molecule has 1 aliphatic heterocycles. The average molecular weight is 408 g/mol. The topological polar surface area (TPSA) is 95.6 Å². The first kappa shape index (κ1) is 20.2. The normalized spacial score (nSPS) is 18.5. The van der Waals surface area contributed by atoms with Crippen LogP contribution < -0.4 is 10.6 Å². The molecule has 0 bridgehead atoms. The molecule has 0 saturated carbocycles. The van der Waals surface area contributed by atoms with Gasteiger partial charge < -0.3 is 10.6 Å². The van der Waals surface area contributed by atoms with E-state index in [-0.39, 0.29) is 28.5 Å². The zero-order valence-electron chi connectivity index (χ0n) is 14.1. The van der Waals surface area contributed by atoms with Crippen LogP contribution in [0.1, 0.15) is 26.7 Å². The molecule has 1 aromatic rings. The van der Waals surface area contributed by atoms with E-state index in [9.17, 15) is 18.0 Å². The number of carbonyl (C=O) groups is 2. The van der Waals surface area contributed by atoms with Gasteiger partial charge in [-0.05, 0) is 25.0 Å². The quantitative estimate of drug-likeness (QED) is 0.668. The van der Waals surface area contributed by atoms with Crippen LogP contribution in [0.2, 0.25) is 4.34 Å². The molecule has 1 aromatic heterocycles. The summed E-state index contributed by atoms with van der Waals surface area (Å²) in [6, 6.07) is 2.25. The SMILES string of the molecule is CC(C)C(=O)NCCNC(=O)C1CCCN1S(=O)(=O)c1ccc(Cl)s1. The third-order valence-corrected chi connectivity index (χ3v) is 7.47. The van der Waals surface area contributed by atoms with Gasteiger partial charge in [0.2, 0.25) is 11.8 Å². The van der Waals surface area contributed by atoms with E-state index in [2.05, 4.69) is 10.6 Å². The van der Waals surface area contributed by atoms with Gasteiger partial charge in [0.05, 0.1) is 4.34 Å². The van der Waals surface area contributed by atoms with Crippen molar-refractivity contribution in [1.29, 1.82) is 0 Å². The number of nitrogens with zero attached hydrogens (tertiary/aromatic N) is 1. The molecule has 140 valence electrons. The molecule has 2 N–H and O–H groups in total. The van der Waals surface area contributed by atoms with Crippen LogP contribution in [0.25, 0.3) is 0 Å². The lowest BCUT2D eigenvalue weighted by Gasteiger charge is -2.22. The summed E-state index contributed by atoms with van der Waals surface area (Å²) in [5.74, 6) is -0.555. The van der Waals surface area contributed by atoms with Crippen molar-refractivity contribution in [3.8, 4) is 0 Å². The summed E-state index contributed by atoms with van der Waals surface area (Å²) in [6.07, 6.45) is 1.10. The summed E-state index contributed by atoms with van der Waals surface area (Å²) in [6.45, 7) is 4.44. The van der Waals surface area contributed by atoms with Gasteiger partial charge in [-0.1, -0.05) is 25.4 Å². The molecule has 0 aliphatic carbocycles. The Bertz CT molecular complexity index is 733. The Balaban J connectivity index is 1.94. The van der Waals surface area contributed by atoms with Crippen LogP contribution in [0.15, 0.2) is 16.3 Å². The minimum Gasteiger partial charge on any atom is -0.354 e. The van der Waals surface area contributed by atoms with Crippen molar-refractivity contribution in [3.63, 3.8) is 0 Å². The molecule has 1 saturated heterocycles. The van der Waals surface area contributed by atoms with E-state index < -0.39 is 16.1 Å². The van der Waals surface area contributed by atoms with Gasteiger partial charge in [0, 0.05) is 25.6 Å². The van der Waals surface area contributed by atoms with Crippen LogP contribution in [0, 0.1) is 5.92 Å². The first-order valence-corrected chi connectivity index (χ1v) is 10.7. The van der Waals surface area contributed by atoms with Crippen molar-refractivity contribution < 1.29 is 18.0 Å². The van der Waals surface area contributed by atoms with Gasteiger partial charge in [0.25, 0.3) is 10.0 Å². The summed E-state index contributed by atoms with van der Waals surface area (Å²) in [5.41, 5.74) is 0. The number of thiophene rings is 1. The summed E-state index contributed by atoms with van der Waals surface area (Å²) in [7, 11) is -3.73. The lowest BCUT2D eigenvalue weighted by Crippen LogP contribution is -2.47. The lowest BCUT2D eigenvalue weighted by atomic mass is 10.2. The van der Waals surface area contributed by atoms with E-state index >= 15 is 0 Å². The second-order valence-corrected chi connectivity index (χ2v) is 9.90. The molecule has 1 aliphatic rings. The monoisotopic (exact) mass is 407 g/mol. The predicted molar refractivity (Wildman–Crippen MR) is 97.1 cm³/mol.